The summed E-state index contributed by atoms with van der Waals surface area (Å²) < 4.78 is 45.7. The van der Waals surface area contributed by atoms with Crippen molar-refractivity contribution >= 4 is 27.2 Å². The van der Waals surface area contributed by atoms with Crippen molar-refractivity contribution in [3.8, 4) is 34.5 Å². The summed E-state index contributed by atoms with van der Waals surface area (Å²) in [7, 11) is -1.27. The zero-order chi connectivity index (χ0) is 24.3. The second-order valence-electron chi connectivity index (χ2n) is 6.78. The molecule has 0 fully saturated rings. The Labute approximate surface area is 199 Å². The molecule has 1 N–H and O–H groups in total. The Morgan fingerprint density at radius 3 is 2.35 bits per heavy atom. The molecule has 0 spiro atoms. The number of hydrogen-bond acceptors (Lipinski definition) is 10. The number of nitrogens with zero attached hydrogens (tertiary/aromatic N) is 4. The summed E-state index contributed by atoms with van der Waals surface area (Å²) in [6.07, 6.45) is 4.00. The van der Waals surface area contributed by atoms with Crippen LogP contribution in [0.25, 0.3) is 11.4 Å². The van der Waals surface area contributed by atoms with Crippen LogP contribution in [0.3, 0.4) is 0 Å². The van der Waals surface area contributed by atoms with Crippen molar-refractivity contribution in [1.82, 2.24) is 15.0 Å². The highest BCUT2D eigenvalue weighted by molar-refractivity contribution is 7.94. The third-order valence-electron chi connectivity index (χ3n) is 4.43. The molecular formula is C21H19N5O6S2. The van der Waals surface area contributed by atoms with Gasteiger partial charge in [-0.05, 0) is 19.1 Å². The quantitative estimate of drug-likeness (QED) is 0.285. The maximum Gasteiger partial charge on any atom is 0.290 e. The molecule has 11 nitrogen and oxygen atoms in total. The topological polar surface area (TPSA) is 139 Å². The standard InChI is InChI=1S/C21H19N5O6S2/c1-13-12-22-21(33-13)34(28,29)25-19-17(32-16-7-5-4-6-15(16)30-2)20(31-3)24-18(23-19)14-8-10-26(27)11-9-14/h4-12H,1-3H3,(H,23,24,25). The molecule has 13 heteroatoms. The van der Waals surface area contributed by atoms with Gasteiger partial charge in [-0.1, -0.05) is 12.1 Å². The summed E-state index contributed by atoms with van der Waals surface area (Å²) >= 11 is 1.01. The Kier molecular flexibility index (Phi) is 6.47. The minimum Gasteiger partial charge on any atom is -0.619 e. The van der Waals surface area contributed by atoms with E-state index in [0.29, 0.717) is 16.0 Å². The van der Waals surface area contributed by atoms with Gasteiger partial charge < -0.3 is 19.4 Å². The number of hydrogen-bond donors (Lipinski definition) is 1. The fourth-order valence-electron chi connectivity index (χ4n) is 2.86. The SMILES string of the molecule is COc1ccccc1Oc1c(NS(=O)(=O)c2ncc(C)s2)nc(-c2cc[n+]([O-])cc2)nc1OC. The van der Waals surface area contributed by atoms with Crippen LogP contribution in [0.1, 0.15) is 4.88 Å². The number of methoxy groups -OCH3 is 2. The second kappa shape index (κ2) is 9.49. The zero-order valence-electron chi connectivity index (χ0n) is 18.3. The molecule has 0 bridgehead atoms. The molecule has 0 aliphatic carbocycles. The maximum atomic E-state index is 13.0. The Morgan fingerprint density at radius 1 is 1.03 bits per heavy atom. The van der Waals surface area contributed by atoms with Crippen molar-refractivity contribution < 1.29 is 27.4 Å². The van der Waals surface area contributed by atoms with Gasteiger partial charge in [-0.2, -0.15) is 18.1 Å². The molecule has 0 aliphatic heterocycles. The third kappa shape index (κ3) is 4.84. The van der Waals surface area contributed by atoms with Gasteiger partial charge in [0.25, 0.3) is 15.9 Å². The fraction of sp³-hybridized carbons (Fsp3) is 0.143. The van der Waals surface area contributed by atoms with Crippen molar-refractivity contribution in [2.24, 2.45) is 0 Å². The van der Waals surface area contributed by atoms with Gasteiger partial charge in [0.1, 0.15) is 0 Å². The molecule has 0 saturated carbocycles. The number of aryl methyl sites for hydroxylation is 1. The number of pyridine rings is 1. The Bertz CT molecular complexity index is 1420. The number of ether oxygens (including phenoxy) is 3. The number of sulfonamides is 1. The van der Waals surface area contributed by atoms with Crippen molar-refractivity contribution in [3.63, 3.8) is 0 Å². The Hall–Kier alpha value is -3.97. The van der Waals surface area contributed by atoms with Gasteiger partial charge in [0.15, 0.2) is 35.5 Å². The molecule has 3 heterocycles. The Balaban J connectivity index is 1.87. The van der Waals surface area contributed by atoms with Crippen LogP contribution in [0.2, 0.25) is 0 Å². The number of thiazole rings is 1. The van der Waals surface area contributed by atoms with Crippen LogP contribution in [-0.2, 0) is 10.0 Å². The number of nitrogens with one attached hydrogen (secondary N) is 1. The average molecular weight is 502 g/mol. The first-order valence-electron chi connectivity index (χ1n) is 9.72. The molecule has 0 amide bonds. The number of anilines is 1. The van der Waals surface area contributed by atoms with Crippen LogP contribution in [0.5, 0.6) is 23.1 Å². The van der Waals surface area contributed by atoms with E-state index in [1.807, 2.05) is 0 Å². The van der Waals surface area contributed by atoms with Crippen molar-refractivity contribution in [3.05, 3.63) is 65.1 Å². The molecular weight excluding hydrogens is 482 g/mol. The summed E-state index contributed by atoms with van der Waals surface area (Å²) in [5.74, 6) is 0.501. The van der Waals surface area contributed by atoms with Crippen LogP contribution < -0.4 is 23.7 Å². The van der Waals surface area contributed by atoms with E-state index in [4.69, 9.17) is 14.2 Å². The monoisotopic (exact) mass is 501 g/mol. The van der Waals surface area contributed by atoms with Gasteiger partial charge in [0.2, 0.25) is 10.1 Å². The van der Waals surface area contributed by atoms with Crippen LogP contribution in [0, 0.1) is 12.1 Å². The minimum atomic E-state index is -4.11. The molecule has 4 aromatic rings. The number of rotatable bonds is 8. The van der Waals surface area contributed by atoms with Gasteiger partial charge in [-0.3, -0.25) is 4.72 Å². The molecule has 0 unspecified atom stereocenters. The molecule has 0 atom stereocenters. The van der Waals surface area contributed by atoms with E-state index in [-0.39, 0.29) is 33.4 Å². The van der Waals surface area contributed by atoms with Gasteiger partial charge in [-0.25, -0.2) is 9.97 Å². The lowest BCUT2D eigenvalue weighted by Crippen LogP contribution is -2.23. The summed E-state index contributed by atoms with van der Waals surface area (Å²) in [6, 6.07) is 9.79. The fourth-order valence-corrected chi connectivity index (χ4v) is 4.98. The number of para-hydroxylation sites is 2. The van der Waals surface area contributed by atoms with Crippen LogP contribution >= 0.6 is 11.3 Å². The second-order valence-corrected chi connectivity index (χ2v) is 9.87. The largest absolute Gasteiger partial charge is 0.619 e. The number of benzene rings is 1. The highest BCUT2D eigenvalue weighted by Crippen LogP contribution is 2.41. The predicted molar refractivity (Wildman–Crippen MR) is 124 cm³/mol. The molecule has 0 radical (unpaired) electrons. The first-order chi connectivity index (χ1) is 16.3. The van der Waals surface area contributed by atoms with E-state index in [1.165, 1.54) is 44.9 Å². The molecule has 1 aromatic carbocycles. The van der Waals surface area contributed by atoms with Gasteiger partial charge in [-0.15, -0.1) is 11.3 Å². The van der Waals surface area contributed by atoms with Gasteiger partial charge >= 0.3 is 0 Å². The molecule has 34 heavy (non-hydrogen) atoms. The first kappa shape index (κ1) is 23.2. The van der Waals surface area contributed by atoms with Crippen molar-refractivity contribution in [2.75, 3.05) is 18.9 Å². The van der Waals surface area contributed by atoms with E-state index < -0.39 is 10.0 Å². The average Bonchev–Trinajstić information content (AvgIpc) is 3.28. The van der Waals surface area contributed by atoms with Crippen molar-refractivity contribution in [2.45, 2.75) is 11.3 Å². The molecule has 0 aliphatic rings. The highest BCUT2D eigenvalue weighted by Gasteiger charge is 2.26. The smallest absolute Gasteiger partial charge is 0.290 e. The maximum absolute atomic E-state index is 13.0. The third-order valence-corrected chi connectivity index (χ3v) is 7.07. The lowest BCUT2D eigenvalue weighted by molar-refractivity contribution is -0.605. The van der Waals surface area contributed by atoms with Gasteiger partial charge in [0, 0.05) is 28.8 Å². The molecule has 4 rings (SSSR count). The summed E-state index contributed by atoms with van der Waals surface area (Å²) in [5, 5.41) is 11.4. The molecule has 176 valence electrons. The van der Waals surface area contributed by atoms with E-state index in [1.54, 1.807) is 31.2 Å². The first-order valence-corrected chi connectivity index (χ1v) is 12.0. The van der Waals surface area contributed by atoms with E-state index in [0.717, 1.165) is 16.2 Å². The highest BCUT2D eigenvalue weighted by atomic mass is 32.2. The predicted octanol–water partition coefficient (Wildman–Crippen LogP) is 3.15. The number of aromatic nitrogens is 4. The lowest BCUT2D eigenvalue weighted by atomic mass is 10.2. The minimum absolute atomic E-state index is 0.0391. The van der Waals surface area contributed by atoms with Crippen molar-refractivity contribution in [1.29, 1.82) is 0 Å². The van der Waals surface area contributed by atoms with E-state index >= 15 is 0 Å². The van der Waals surface area contributed by atoms with E-state index in [2.05, 4.69) is 19.7 Å². The van der Waals surface area contributed by atoms with Crippen LogP contribution in [0.4, 0.5) is 5.82 Å². The van der Waals surface area contributed by atoms with Crippen LogP contribution in [0.15, 0.2) is 59.3 Å². The van der Waals surface area contributed by atoms with Crippen LogP contribution in [-0.4, -0.2) is 37.6 Å². The summed E-state index contributed by atoms with van der Waals surface area (Å²) in [4.78, 5) is 13.4. The normalized spacial score (nSPS) is 11.1. The molecule has 3 aromatic heterocycles. The van der Waals surface area contributed by atoms with E-state index in [9.17, 15) is 13.6 Å². The lowest BCUT2D eigenvalue weighted by Gasteiger charge is -2.17. The summed E-state index contributed by atoms with van der Waals surface area (Å²) in [6.45, 7) is 1.75. The Morgan fingerprint density at radius 2 is 1.74 bits per heavy atom. The summed E-state index contributed by atoms with van der Waals surface area (Å²) in [5.41, 5.74) is 0.458. The molecule has 0 saturated heterocycles. The van der Waals surface area contributed by atoms with Gasteiger partial charge in [0.05, 0.1) is 14.2 Å². The zero-order valence-corrected chi connectivity index (χ0v) is 19.9.